The molecule has 1 N–H and O–H groups in total. The highest BCUT2D eigenvalue weighted by Crippen LogP contribution is 2.19. The van der Waals surface area contributed by atoms with Gasteiger partial charge in [-0.3, -0.25) is 0 Å². The van der Waals surface area contributed by atoms with E-state index in [-0.39, 0.29) is 6.29 Å². The maximum Gasteiger partial charge on any atom is 0.160 e. The summed E-state index contributed by atoms with van der Waals surface area (Å²) in [5.74, 6) is 0. The minimum Gasteiger partial charge on any atom is -0.393 e. The van der Waals surface area contributed by atoms with Crippen LogP contribution in [0, 0.1) is 6.92 Å². The van der Waals surface area contributed by atoms with Crippen LogP contribution in [0.2, 0.25) is 5.02 Å². The van der Waals surface area contributed by atoms with E-state index >= 15 is 0 Å². The van der Waals surface area contributed by atoms with Crippen molar-refractivity contribution in [1.29, 1.82) is 0 Å². The zero-order valence-corrected chi connectivity index (χ0v) is 10.6. The van der Waals surface area contributed by atoms with E-state index in [4.69, 9.17) is 21.1 Å². The Bertz CT molecular complexity index is 375. The lowest BCUT2D eigenvalue weighted by Gasteiger charge is -2.15. The van der Waals surface area contributed by atoms with Crippen LogP contribution in [0.4, 0.5) is 0 Å². The van der Waals surface area contributed by atoms with E-state index in [1.165, 1.54) is 0 Å². The molecule has 1 fully saturated rings. The van der Waals surface area contributed by atoms with Crippen LogP contribution in [0.25, 0.3) is 0 Å². The van der Waals surface area contributed by atoms with Crippen LogP contribution in [0.1, 0.15) is 17.5 Å². The molecule has 3 nitrogen and oxygen atoms in total. The van der Waals surface area contributed by atoms with E-state index in [1.807, 2.05) is 25.1 Å². The largest absolute Gasteiger partial charge is 0.393 e. The predicted octanol–water partition coefficient (Wildman–Crippen LogP) is 2.31. The molecule has 1 aliphatic rings. The van der Waals surface area contributed by atoms with Gasteiger partial charge in [-0.25, -0.2) is 0 Å². The van der Waals surface area contributed by atoms with Gasteiger partial charge in [-0.15, -0.1) is 0 Å². The minimum atomic E-state index is -0.446. The number of aliphatic hydroxyl groups is 1. The average Bonchev–Trinajstić information content (AvgIpc) is 2.76. The molecule has 1 aliphatic heterocycles. The van der Waals surface area contributed by atoms with Crippen LogP contribution in [-0.2, 0) is 15.9 Å². The maximum atomic E-state index is 9.93. The summed E-state index contributed by atoms with van der Waals surface area (Å²) in [6.07, 6.45) is 0.417. The highest BCUT2D eigenvalue weighted by molar-refractivity contribution is 6.31. The number of hydrogen-bond donors (Lipinski definition) is 1. The van der Waals surface area contributed by atoms with Crippen molar-refractivity contribution in [1.82, 2.24) is 0 Å². The SMILES string of the molecule is Cc1cc(CC(O)CC2OCCO2)ccc1Cl. The second-order valence-electron chi connectivity index (χ2n) is 4.35. The first-order valence-electron chi connectivity index (χ1n) is 5.81. The topological polar surface area (TPSA) is 38.7 Å². The van der Waals surface area contributed by atoms with Gasteiger partial charge in [-0.2, -0.15) is 0 Å². The van der Waals surface area contributed by atoms with Gasteiger partial charge in [0.05, 0.1) is 19.3 Å². The third-order valence-corrected chi connectivity index (χ3v) is 3.27. The van der Waals surface area contributed by atoms with Crippen LogP contribution >= 0.6 is 11.6 Å². The standard InChI is InChI=1S/C13H17ClO3/c1-9-6-10(2-3-12(9)14)7-11(15)8-13-16-4-5-17-13/h2-3,6,11,13,15H,4-5,7-8H2,1H3. The second kappa shape index (κ2) is 5.83. The van der Waals surface area contributed by atoms with E-state index in [1.54, 1.807) is 0 Å². The van der Waals surface area contributed by atoms with Crippen molar-refractivity contribution in [2.45, 2.75) is 32.2 Å². The summed E-state index contributed by atoms with van der Waals surface area (Å²) in [4.78, 5) is 0. The summed E-state index contributed by atoms with van der Waals surface area (Å²) in [6.45, 7) is 3.20. The number of ether oxygens (including phenoxy) is 2. The van der Waals surface area contributed by atoms with Crippen molar-refractivity contribution in [3.05, 3.63) is 34.3 Å². The molecule has 1 heterocycles. The third kappa shape index (κ3) is 3.68. The molecule has 0 saturated carbocycles. The lowest BCUT2D eigenvalue weighted by atomic mass is 10.0. The van der Waals surface area contributed by atoms with Crippen molar-refractivity contribution in [3.63, 3.8) is 0 Å². The molecule has 2 rings (SSSR count). The summed E-state index contributed by atoms with van der Waals surface area (Å²) >= 11 is 5.95. The molecule has 0 bridgehead atoms. The van der Waals surface area contributed by atoms with E-state index in [0.717, 1.165) is 16.1 Å². The average molecular weight is 257 g/mol. The molecule has 4 heteroatoms. The van der Waals surface area contributed by atoms with Crippen LogP contribution in [0.15, 0.2) is 18.2 Å². The van der Waals surface area contributed by atoms with Gasteiger partial charge in [-0.1, -0.05) is 23.7 Å². The summed E-state index contributed by atoms with van der Waals surface area (Å²) in [7, 11) is 0. The van der Waals surface area contributed by atoms with Gasteiger partial charge in [0.2, 0.25) is 0 Å². The first-order chi connectivity index (χ1) is 8.15. The number of rotatable bonds is 4. The normalized spacial score (nSPS) is 18.5. The smallest absolute Gasteiger partial charge is 0.160 e. The first kappa shape index (κ1) is 12.8. The van der Waals surface area contributed by atoms with Crippen LogP contribution in [0.3, 0.4) is 0 Å². The molecular formula is C13H17ClO3. The highest BCUT2D eigenvalue weighted by atomic mass is 35.5. The molecule has 0 spiro atoms. The van der Waals surface area contributed by atoms with Crippen molar-refractivity contribution in [2.75, 3.05) is 13.2 Å². The summed E-state index contributed by atoms with van der Waals surface area (Å²) in [6, 6.07) is 5.80. The fourth-order valence-corrected chi connectivity index (χ4v) is 2.07. The lowest BCUT2D eigenvalue weighted by Crippen LogP contribution is -2.20. The zero-order valence-electron chi connectivity index (χ0n) is 9.86. The third-order valence-electron chi connectivity index (χ3n) is 2.85. The van der Waals surface area contributed by atoms with Gasteiger partial charge in [0.25, 0.3) is 0 Å². The van der Waals surface area contributed by atoms with Gasteiger partial charge >= 0.3 is 0 Å². The lowest BCUT2D eigenvalue weighted by molar-refractivity contribution is -0.0698. The Hall–Kier alpha value is -0.610. The summed E-state index contributed by atoms with van der Waals surface area (Å²) in [5.41, 5.74) is 2.11. The van der Waals surface area contributed by atoms with Crippen LogP contribution in [-0.4, -0.2) is 30.7 Å². The van der Waals surface area contributed by atoms with E-state index < -0.39 is 6.10 Å². The van der Waals surface area contributed by atoms with Gasteiger partial charge in [0, 0.05) is 11.4 Å². The zero-order chi connectivity index (χ0) is 12.3. The molecule has 17 heavy (non-hydrogen) atoms. The summed E-state index contributed by atoms with van der Waals surface area (Å²) in [5, 5.41) is 10.7. The molecular weight excluding hydrogens is 240 g/mol. The van der Waals surface area contributed by atoms with Crippen molar-refractivity contribution in [3.8, 4) is 0 Å². The predicted molar refractivity (Wildman–Crippen MR) is 66.2 cm³/mol. The van der Waals surface area contributed by atoms with Crippen molar-refractivity contribution < 1.29 is 14.6 Å². The quantitative estimate of drug-likeness (QED) is 0.899. The van der Waals surface area contributed by atoms with Gasteiger partial charge < -0.3 is 14.6 Å². The fourth-order valence-electron chi connectivity index (χ4n) is 1.95. The van der Waals surface area contributed by atoms with Crippen LogP contribution in [0.5, 0.6) is 0 Å². The molecule has 1 aromatic carbocycles. The first-order valence-corrected chi connectivity index (χ1v) is 6.19. The maximum absolute atomic E-state index is 9.93. The van der Waals surface area contributed by atoms with Crippen molar-refractivity contribution >= 4 is 11.6 Å². The molecule has 0 amide bonds. The number of aliphatic hydroxyl groups excluding tert-OH is 1. The minimum absolute atomic E-state index is 0.251. The Labute approximate surface area is 106 Å². The van der Waals surface area contributed by atoms with E-state index in [2.05, 4.69) is 0 Å². The molecule has 1 saturated heterocycles. The van der Waals surface area contributed by atoms with Gasteiger partial charge in [-0.05, 0) is 30.5 Å². The summed E-state index contributed by atoms with van der Waals surface area (Å²) < 4.78 is 10.6. The number of benzene rings is 1. The molecule has 0 aromatic heterocycles. The molecule has 94 valence electrons. The van der Waals surface area contributed by atoms with Crippen LogP contribution < -0.4 is 0 Å². The molecule has 1 atom stereocenters. The van der Waals surface area contributed by atoms with Crippen molar-refractivity contribution in [2.24, 2.45) is 0 Å². The molecule has 0 aliphatic carbocycles. The Kier molecular flexibility index (Phi) is 4.40. The second-order valence-corrected chi connectivity index (χ2v) is 4.76. The monoisotopic (exact) mass is 256 g/mol. The molecule has 0 radical (unpaired) electrons. The van der Waals surface area contributed by atoms with Gasteiger partial charge in [0.15, 0.2) is 6.29 Å². The number of hydrogen-bond acceptors (Lipinski definition) is 3. The van der Waals surface area contributed by atoms with Gasteiger partial charge in [0.1, 0.15) is 0 Å². The Balaban J connectivity index is 1.88. The number of halogens is 1. The molecule has 1 unspecified atom stereocenters. The Morgan fingerprint density at radius 1 is 1.41 bits per heavy atom. The highest BCUT2D eigenvalue weighted by Gasteiger charge is 2.20. The van der Waals surface area contributed by atoms with E-state index in [9.17, 15) is 5.11 Å². The Morgan fingerprint density at radius 3 is 2.76 bits per heavy atom. The Morgan fingerprint density at radius 2 is 2.12 bits per heavy atom. The molecule has 1 aromatic rings. The fraction of sp³-hybridized carbons (Fsp3) is 0.538. The number of aryl methyl sites for hydroxylation is 1. The van der Waals surface area contributed by atoms with E-state index in [0.29, 0.717) is 26.1 Å².